The lowest BCUT2D eigenvalue weighted by Crippen LogP contribution is -2.34. The van der Waals surface area contributed by atoms with Gasteiger partial charge < -0.3 is 10.1 Å². The van der Waals surface area contributed by atoms with Gasteiger partial charge in [-0.3, -0.25) is 4.79 Å². The first-order valence-electron chi connectivity index (χ1n) is 8.85. The number of carbonyl (C=O) groups excluding carboxylic acids is 1. The molecule has 0 radical (unpaired) electrons. The van der Waals surface area contributed by atoms with E-state index < -0.39 is 16.1 Å². The van der Waals surface area contributed by atoms with Gasteiger partial charge in [-0.05, 0) is 43.2 Å². The molecule has 7 heteroatoms. The van der Waals surface area contributed by atoms with Crippen LogP contribution in [0.5, 0.6) is 5.75 Å². The molecule has 2 N–H and O–H groups in total. The molecule has 146 valence electrons. The van der Waals surface area contributed by atoms with Crippen molar-refractivity contribution in [3.8, 4) is 5.75 Å². The van der Waals surface area contributed by atoms with Gasteiger partial charge in [0.2, 0.25) is 15.9 Å². The smallest absolute Gasteiger partial charge is 0.241 e. The van der Waals surface area contributed by atoms with E-state index >= 15 is 0 Å². The van der Waals surface area contributed by atoms with Crippen LogP contribution in [0.25, 0.3) is 0 Å². The van der Waals surface area contributed by atoms with Crippen LogP contribution in [0.3, 0.4) is 0 Å². The average Bonchev–Trinajstić information content (AvgIpc) is 2.66. The summed E-state index contributed by atoms with van der Waals surface area (Å²) in [4.78, 5) is 12.4. The molecule has 0 spiro atoms. The topological polar surface area (TPSA) is 84.5 Å². The van der Waals surface area contributed by atoms with E-state index in [0.717, 1.165) is 12.0 Å². The zero-order chi connectivity index (χ0) is 19.9. The maximum Gasteiger partial charge on any atom is 0.241 e. The fourth-order valence-corrected chi connectivity index (χ4v) is 3.78. The second-order valence-electron chi connectivity index (χ2n) is 6.31. The Labute approximate surface area is 161 Å². The summed E-state index contributed by atoms with van der Waals surface area (Å²) in [6.45, 7) is 4.41. The van der Waals surface area contributed by atoms with Crippen LogP contribution < -0.4 is 14.8 Å². The molecule has 0 aromatic heterocycles. The van der Waals surface area contributed by atoms with Crippen molar-refractivity contribution in [1.82, 2.24) is 10.0 Å². The molecular weight excluding hydrogens is 364 g/mol. The zero-order valence-corrected chi connectivity index (χ0v) is 16.7. The minimum absolute atomic E-state index is 0.0113. The molecule has 27 heavy (non-hydrogen) atoms. The number of amides is 1. The molecule has 1 unspecified atom stereocenters. The minimum Gasteiger partial charge on any atom is -0.497 e. The predicted octanol–water partition coefficient (Wildman–Crippen LogP) is 2.94. The summed E-state index contributed by atoms with van der Waals surface area (Å²) >= 11 is 0. The van der Waals surface area contributed by atoms with Crippen molar-refractivity contribution in [2.45, 2.75) is 37.6 Å². The first-order valence-corrected chi connectivity index (χ1v) is 10.3. The molecule has 0 fully saturated rings. The average molecular weight is 391 g/mol. The van der Waals surface area contributed by atoms with Crippen molar-refractivity contribution in [3.05, 3.63) is 59.7 Å². The van der Waals surface area contributed by atoms with Crippen LogP contribution >= 0.6 is 0 Å². The monoisotopic (exact) mass is 390 g/mol. The molecule has 1 atom stereocenters. The number of sulfonamides is 1. The highest BCUT2D eigenvalue weighted by molar-refractivity contribution is 7.89. The van der Waals surface area contributed by atoms with Crippen LogP contribution in [0.1, 0.15) is 36.9 Å². The summed E-state index contributed by atoms with van der Waals surface area (Å²) in [5.41, 5.74) is 1.66. The van der Waals surface area contributed by atoms with Crippen LogP contribution in [-0.4, -0.2) is 28.0 Å². The molecular formula is C20H26N2O4S. The van der Waals surface area contributed by atoms with Crippen molar-refractivity contribution in [2.75, 3.05) is 13.7 Å². The molecule has 0 saturated carbocycles. The number of carbonyl (C=O) groups is 1. The van der Waals surface area contributed by atoms with Crippen molar-refractivity contribution in [1.29, 1.82) is 0 Å². The van der Waals surface area contributed by atoms with Gasteiger partial charge in [-0.2, -0.15) is 0 Å². The predicted molar refractivity (Wildman–Crippen MR) is 105 cm³/mol. The highest BCUT2D eigenvalue weighted by Crippen LogP contribution is 2.23. The van der Waals surface area contributed by atoms with Gasteiger partial charge in [0, 0.05) is 13.0 Å². The molecule has 6 nitrogen and oxygen atoms in total. The Bertz CT molecular complexity index is 847. The van der Waals surface area contributed by atoms with Gasteiger partial charge in [-0.25, -0.2) is 13.1 Å². The maximum atomic E-state index is 12.8. The van der Waals surface area contributed by atoms with Crippen LogP contribution in [0.2, 0.25) is 0 Å². The molecule has 1 amide bonds. The number of benzene rings is 2. The molecule has 0 aliphatic heterocycles. The van der Waals surface area contributed by atoms with Gasteiger partial charge in [-0.1, -0.05) is 36.8 Å². The second kappa shape index (κ2) is 9.53. The van der Waals surface area contributed by atoms with Gasteiger partial charge in [0.1, 0.15) is 5.75 Å². The van der Waals surface area contributed by atoms with Gasteiger partial charge in [0.25, 0.3) is 0 Å². The summed E-state index contributed by atoms with van der Waals surface area (Å²) in [6, 6.07) is 12.9. The first-order chi connectivity index (χ1) is 12.9. The highest BCUT2D eigenvalue weighted by Gasteiger charge is 2.23. The van der Waals surface area contributed by atoms with Crippen molar-refractivity contribution in [2.24, 2.45) is 0 Å². The van der Waals surface area contributed by atoms with E-state index in [2.05, 4.69) is 10.0 Å². The number of nitrogens with one attached hydrogen (secondary N) is 2. The van der Waals surface area contributed by atoms with E-state index in [1.807, 2.05) is 13.8 Å². The van der Waals surface area contributed by atoms with Crippen LogP contribution in [0, 0.1) is 6.92 Å². The Morgan fingerprint density at radius 1 is 1.07 bits per heavy atom. The lowest BCUT2D eigenvalue weighted by Gasteiger charge is -2.19. The number of hydrogen-bond donors (Lipinski definition) is 2. The minimum atomic E-state index is -3.77. The van der Waals surface area contributed by atoms with Crippen molar-refractivity contribution >= 4 is 15.9 Å². The fourth-order valence-electron chi connectivity index (χ4n) is 2.56. The molecule has 2 aromatic carbocycles. The van der Waals surface area contributed by atoms with Crippen molar-refractivity contribution in [3.63, 3.8) is 0 Å². The largest absolute Gasteiger partial charge is 0.497 e. The summed E-state index contributed by atoms with van der Waals surface area (Å²) in [5, 5.41) is 2.79. The van der Waals surface area contributed by atoms with E-state index in [-0.39, 0.29) is 17.2 Å². The molecule has 0 aliphatic carbocycles. The molecule has 2 rings (SSSR count). The van der Waals surface area contributed by atoms with Gasteiger partial charge >= 0.3 is 0 Å². The Kier molecular flexibility index (Phi) is 7.38. The Balaban J connectivity index is 2.27. The second-order valence-corrected chi connectivity index (χ2v) is 8.03. The Morgan fingerprint density at radius 2 is 1.70 bits per heavy atom. The first kappa shape index (κ1) is 20.9. The zero-order valence-electron chi connectivity index (χ0n) is 15.9. The normalized spacial score (nSPS) is 12.4. The third-order valence-corrected chi connectivity index (χ3v) is 5.60. The molecule has 0 heterocycles. The summed E-state index contributed by atoms with van der Waals surface area (Å²) in [6.07, 6.45) is 0.825. The van der Waals surface area contributed by atoms with E-state index in [1.54, 1.807) is 55.6 Å². The van der Waals surface area contributed by atoms with Crippen LogP contribution in [-0.2, 0) is 14.8 Å². The highest BCUT2D eigenvalue weighted by atomic mass is 32.2. The van der Waals surface area contributed by atoms with E-state index in [9.17, 15) is 13.2 Å². The van der Waals surface area contributed by atoms with Gasteiger partial charge in [0.15, 0.2) is 0 Å². The number of aryl methyl sites for hydroxylation is 1. The van der Waals surface area contributed by atoms with Crippen LogP contribution in [0.15, 0.2) is 53.4 Å². The number of rotatable bonds is 9. The lowest BCUT2D eigenvalue weighted by molar-refractivity contribution is -0.121. The molecule has 2 aromatic rings. The van der Waals surface area contributed by atoms with Gasteiger partial charge in [0.05, 0.1) is 18.0 Å². The number of hydrogen-bond acceptors (Lipinski definition) is 4. The molecule has 0 bridgehead atoms. The SMILES string of the molecule is CCCNC(=O)CC(NS(=O)(=O)c1ccc(C)cc1)c1ccc(OC)cc1. The van der Waals surface area contributed by atoms with Crippen LogP contribution in [0.4, 0.5) is 0 Å². The van der Waals surface area contributed by atoms with E-state index in [1.165, 1.54) is 0 Å². The molecule has 0 aliphatic rings. The number of methoxy groups -OCH3 is 1. The summed E-state index contributed by atoms with van der Waals surface area (Å²) in [5.74, 6) is 0.457. The van der Waals surface area contributed by atoms with Gasteiger partial charge in [-0.15, -0.1) is 0 Å². The Hall–Kier alpha value is -2.38. The number of ether oxygens (including phenoxy) is 1. The standard InChI is InChI=1S/C20H26N2O4S/c1-4-13-21-20(23)14-19(16-7-9-17(26-3)10-8-16)22-27(24,25)18-11-5-15(2)6-12-18/h5-12,19,22H,4,13-14H2,1-3H3,(H,21,23). The third kappa shape index (κ3) is 6.08. The van der Waals surface area contributed by atoms with Crippen molar-refractivity contribution < 1.29 is 17.9 Å². The maximum absolute atomic E-state index is 12.8. The van der Waals surface area contributed by atoms with E-state index in [4.69, 9.17) is 4.74 Å². The third-order valence-electron chi connectivity index (χ3n) is 4.11. The Morgan fingerprint density at radius 3 is 2.26 bits per heavy atom. The summed E-state index contributed by atoms with van der Waals surface area (Å²) in [7, 11) is -2.21. The van der Waals surface area contributed by atoms with E-state index in [0.29, 0.717) is 17.9 Å². The quantitative estimate of drug-likeness (QED) is 0.689. The molecule has 0 saturated heterocycles. The fraction of sp³-hybridized carbons (Fsp3) is 0.350. The summed E-state index contributed by atoms with van der Waals surface area (Å²) < 4.78 is 33.4. The lowest BCUT2D eigenvalue weighted by atomic mass is 10.0.